The number of hydrogen-bond donors (Lipinski definition) is 1. The number of ether oxygens (including phenoxy) is 1. The molecule has 0 radical (unpaired) electrons. The molecule has 126 valence electrons. The van der Waals surface area contributed by atoms with Crippen molar-refractivity contribution in [3.05, 3.63) is 24.0 Å². The lowest BCUT2D eigenvalue weighted by Gasteiger charge is -2.26. The van der Waals surface area contributed by atoms with Gasteiger partial charge in [0.25, 0.3) is 0 Å². The third-order valence-corrected chi connectivity index (χ3v) is 3.35. The van der Waals surface area contributed by atoms with E-state index in [4.69, 9.17) is 4.74 Å². The average molecular weight is 309 g/mol. The van der Waals surface area contributed by atoms with Crippen LogP contribution in [0.1, 0.15) is 40.3 Å². The highest BCUT2D eigenvalue weighted by Gasteiger charge is 2.20. The van der Waals surface area contributed by atoms with E-state index in [1.807, 2.05) is 20.8 Å². The molecule has 1 rings (SSSR count). The van der Waals surface area contributed by atoms with Gasteiger partial charge in [-0.2, -0.15) is 0 Å². The van der Waals surface area contributed by atoms with Gasteiger partial charge < -0.3 is 19.5 Å². The largest absolute Gasteiger partial charge is 0.444 e. The summed E-state index contributed by atoms with van der Waals surface area (Å²) in [5, 5.41) is 3.46. The Morgan fingerprint density at radius 1 is 1.45 bits per heavy atom. The van der Waals surface area contributed by atoms with Gasteiger partial charge in [-0.05, 0) is 52.3 Å². The minimum atomic E-state index is -0.446. The van der Waals surface area contributed by atoms with Crippen molar-refractivity contribution in [1.82, 2.24) is 14.8 Å². The number of hydrogen-bond acceptors (Lipinski definition) is 3. The van der Waals surface area contributed by atoms with Crippen LogP contribution in [0, 0.1) is 5.92 Å². The van der Waals surface area contributed by atoms with E-state index in [9.17, 15) is 4.79 Å². The van der Waals surface area contributed by atoms with Crippen LogP contribution in [0.3, 0.4) is 0 Å². The van der Waals surface area contributed by atoms with Crippen molar-refractivity contribution in [2.24, 2.45) is 5.92 Å². The smallest absolute Gasteiger partial charge is 0.410 e. The average Bonchev–Trinajstić information content (AvgIpc) is 2.84. The van der Waals surface area contributed by atoms with Crippen molar-refractivity contribution in [2.75, 3.05) is 20.1 Å². The summed E-state index contributed by atoms with van der Waals surface area (Å²) in [5.74, 6) is 0.363. The van der Waals surface area contributed by atoms with E-state index in [-0.39, 0.29) is 6.09 Å². The molecule has 1 heterocycles. The molecule has 1 atom stereocenters. The van der Waals surface area contributed by atoms with Crippen LogP contribution in [0.5, 0.6) is 0 Å². The zero-order valence-electron chi connectivity index (χ0n) is 14.8. The number of amides is 1. The molecule has 0 fully saturated rings. The fraction of sp³-hybridized carbons (Fsp3) is 0.706. The first-order valence-corrected chi connectivity index (χ1v) is 8.01. The van der Waals surface area contributed by atoms with Crippen molar-refractivity contribution in [3.63, 3.8) is 0 Å². The van der Waals surface area contributed by atoms with Crippen LogP contribution in [0.4, 0.5) is 4.79 Å². The van der Waals surface area contributed by atoms with Gasteiger partial charge in [0, 0.05) is 38.6 Å². The monoisotopic (exact) mass is 309 g/mol. The topological polar surface area (TPSA) is 46.5 Å². The van der Waals surface area contributed by atoms with Crippen LogP contribution in [-0.4, -0.2) is 41.3 Å². The SMILES string of the molecule is CCn1cccc1CNCC(C)CN(C)C(=O)OC(C)(C)C. The summed E-state index contributed by atoms with van der Waals surface area (Å²) in [6.45, 7) is 13.3. The Labute approximate surface area is 134 Å². The maximum absolute atomic E-state index is 11.9. The molecule has 5 nitrogen and oxygen atoms in total. The van der Waals surface area contributed by atoms with Gasteiger partial charge in [-0.1, -0.05) is 6.92 Å². The second-order valence-electron chi connectivity index (χ2n) is 6.88. The first-order valence-electron chi connectivity index (χ1n) is 8.01. The minimum Gasteiger partial charge on any atom is -0.444 e. The zero-order chi connectivity index (χ0) is 16.8. The maximum Gasteiger partial charge on any atom is 0.410 e. The highest BCUT2D eigenvalue weighted by atomic mass is 16.6. The van der Waals surface area contributed by atoms with E-state index in [1.165, 1.54) is 5.69 Å². The molecular formula is C17H31N3O2. The van der Waals surface area contributed by atoms with E-state index in [1.54, 1.807) is 11.9 Å². The predicted octanol–water partition coefficient (Wildman–Crippen LogP) is 3.10. The Bertz CT molecular complexity index is 463. The molecule has 1 N–H and O–H groups in total. The Morgan fingerprint density at radius 3 is 2.73 bits per heavy atom. The molecule has 1 unspecified atom stereocenters. The summed E-state index contributed by atoms with van der Waals surface area (Å²) in [6.07, 6.45) is 1.83. The summed E-state index contributed by atoms with van der Waals surface area (Å²) >= 11 is 0. The molecule has 1 amide bonds. The number of carbonyl (C=O) groups excluding carboxylic acids is 1. The molecule has 5 heteroatoms. The highest BCUT2D eigenvalue weighted by molar-refractivity contribution is 5.67. The molecule has 0 spiro atoms. The van der Waals surface area contributed by atoms with Gasteiger partial charge in [0.05, 0.1) is 0 Å². The third-order valence-electron chi connectivity index (χ3n) is 3.35. The normalized spacial score (nSPS) is 13.0. The molecule has 0 saturated carbocycles. The van der Waals surface area contributed by atoms with Crippen molar-refractivity contribution >= 4 is 6.09 Å². The van der Waals surface area contributed by atoms with Crippen LogP contribution in [0.2, 0.25) is 0 Å². The molecule has 22 heavy (non-hydrogen) atoms. The van der Waals surface area contributed by atoms with E-state index in [0.29, 0.717) is 12.5 Å². The van der Waals surface area contributed by atoms with Crippen LogP contribution in [0.25, 0.3) is 0 Å². The van der Waals surface area contributed by atoms with Crippen molar-refractivity contribution < 1.29 is 9.53 Å². The molecule has 0 aliphatic heterocycles. The third kappa shape index (κ3) is 6.52. The fourth-order valence-corrected chi connectivity index (χ4v) is 2.31. The Balaban J connectivity index is 2.31. The summed E-state index contributed by atoms with van der Waals surface area (Å²) in [4.78, 5) is 13.6. The van der Waals surface area contributed by atoms with Gasteiger partial charge in [-0.15, -0.1) is 0 Å². The molecule has 0 aliphatic rings. The Hall–Kier alpha value is -1.49. The van der Waals surface area contributed by atoms with Crippen LogP contribution < -0.4 is 5.32 Å². The zero-order valence-corrected chi connectivity index (χ0v) is 14.8. The number of rotatable bonds is 7. The van der Waals surface area contributed by atoms with Gasteiger partial charge >= 0.3 is 6.09 Å². The number of aryl methyl sites for hydroxylation is 1. The van der Waals surface area contributed by atoms with Crippen LogP contribution in [0.15, 0.2) is 18.3 Å². The summed E-state index contributed by atoms with van der Waals surface area (Å²) in [7, 11) is 1.78. The van der Waals surface area contributed by atoms with E-state index < -0.39 is 5.60 Å². The van der Waals surface area contributed by atoms with E-state index >= 15 is 0 Å². The molecule has 0 aromatic carbocycles. The molecule has 0 saturated heterocycles. The number of nitrogens with zero attached hydrogens (tertiary/aromatic N) is 2. The number of nitrogens with one attached hydrogen (secondary N) is 1. The second-order valence-corrected chi connectivity index (χ2v) is 6.88. The van der Waals surface area contributed by atoms with Gasteiger partial charge in [0.15, 0.2) is 0 Å². The van der Waals surface area contributed by atoms with Gasteiger partial charge in [0.1, 0.15) is 5.60 Å². The van der Waals surface area contributed by atoms with Gasteiger partial charge in [0.2, 0.25) is 0 Å². The lowest BCUT2D eigenvalue weighted by molar-refractivity contribution is 0.0277. The maximum atomic E-state index is 11.9. The first-order chi connectivity index (χ1) is 10.2. The van der Waals surface area contributed by atoms with Crippen molar-refractivity contribution in [2.45, 2.75) is 53.3 Å². The number of carbonyl (C=O) groups is 1. The second kappa shape index (κ2) is 8.22. The lowest BCUT2D eigenvalue weighted by Crippen LogP contribution is -2.38. The molecule has 0 aliphatic carbocycles. The minimum absolute atomic E-state index is 0.265. The van der Waals surface area contributed by atoms with E-state index in [2.05, 4.69) is 42.1 Å². The van der Waals surface area contributed by atoms with E-state index in [0.717, 1.165) is 19.6 Å². The van der Waals surface area contributed by atoms with Crippen molar-refractivity contribution in [3.8, 4) is 0 Å². The predicted molar refractivity (Wildman–Crippen MR) is 89.8 cm³/mol. The molecular weight excluding hydrogens is 278 g/mol. The summed E-state index contributed by atoms with van der Waals surface area (Å²) in [5.41, 5.74) is 0.841. The van der Waals surface area contributed by atoms with Gasteiger partial charge in [-0.3, -0.25) is 0 Å². The lowest BCUT2D eigenvalue weighted by atomic mass is 10.1. The first kappa shape index (κ1) is 18.6. The van der Waals surface area contributed by atoms with Crippen LogP contribution >= 0.6 is 0 Å². The molecule has 1 aromatic heterocycles. The van der Waals surface area contributed by atoms with Gasteiger partial charge in [-0.25, -0.2) is 4.79 Å². The fourth-order valence-electron chi connectivity index (χ4n) is 2.31. The standard InChI is InChI=1S/C17H31N3O2/c1-7-20-10-8-9-15(20)12-18-11-14(2)13-19(6)16(21)22-17(3,4)5/h8-10,14,18H,7,11-13H2,1-6H3. The molecule has 0 bridgehead atoms. The van der Waals surface area contributed by atoms with Crippen LogP contribution in [-0.2, 0) is 17.8 Å². The molecule has 1 aromatic rings. The quantitative estimate of drug-likeness (QED) is 0.842. The summed E-state index contributed by atoms with van der Waals surface area (Å²) in [6, 6.07) is 4.20. The highest BCUT2D eigenvalue weighted by Crippen LogP contribution is 2.10. The number of aromatic nitrogens is 1. The summed E-state index contributed by atoms with van der Waals surface area (Å²) < 4.78 is 7.58. The van der Waals surface area contributed by atoms with Crippen molar-refractivity contribution in [1.29, 1.82) is 0 Å². The Kier molecular flexibility index (Phi) is 6.94. The Morgan fingerprint density at radius 2 is 2.14 bits per heavy atom.